The van der Waals surface area contributed by atoms with Crippen LogP contribution < -0.4 is 5.32 Å². The summed E-state index contributed by atoms with van der Waals surface area (Å²) in [6.45, 7) is 5.48. The first-order valence-electron chi connectivity index (χ1n) is 11.3. The second-order valence-electron chi connectivity index (χ2n) is 9.09. The van der Waals surface area contributed by atoms with Gasteiger partial charge in [-0.05, 0) is 56.4 Å². The number of carbonyl (C=O) groups excluding carboxylic acids is 2. The number of ether oxygens (including phenoxy) is 1. The Morgan fingerprint density at radius 2 is 2.03 bits per heavy atom. The fourth-order valence-electron chi connectivity index (χ4n) is 4.98. The summed E-state index contributed by atoms with van der Waals surface area (Å²) >= 11 is 0. The first-order chi connectivity index (χ1) is 15.0. The van der Waals surface area contributed by atoms with Crippen LogP contribution in [0, 0.1) is 5.92 Å². The number of aromatic nitrogens is 1. The lowest BCUT2D eigenvalue weighted by molar-refractivity contribution is -0.134. The number of furan rings is 1. The number of amides is 2. The normalized spacial score (nSPS) is 26.0. The lowest BCUT2D eigenvalue weighted by Crippen LogP contribution is -2.65. The van der Waals surface area contributed by atoms with Crippen molar-refractivity contribution in [3.05, 3.63) is 36.2 Å². The van der Waals surface area contributed by atoms with E-state index in [0.29, 0.717) is 43.5 Å². The Hall–Kier alpha value is -2.54. The molecule has 7 heteroatoms. The SMILES string of the molecule is COCCCN1C(=O)c2ccc(-c3ccco3)n2CC1(C)C(=O)NC1CCCCC1C. The molecule has 0 saturated heterocycles. The predicted molar refractivity (Wildman–Crippen MR) is 118 cm³/mol. The molecule has 1 saturated carbocycles. The van der Waals surface area contributed by atoms with Crippen molar-refractivity contribution in [3.8, 4) is 11.5 Å². The van der Waals surface area contributed by atoms with Crippen LogP contribution in [0.5, 0.6) is 0 Å². The third kappa shape index (κ3) is 4.03. The molecule has 3 unspecified atom stereocenters. The maximum absolute atomic E-state index is 13.7. The van der Waals surface area contributed by atoms with Gasteiger partial charge in [-0.2, -0.15) is 0 Å². The van der Waals surface area contributed by atoms with E-state index in [2.05, 4.69) is 12.2 Å². The second kappa shape index (κ2) is 8.91. The van der Waals surface area contributed by atoms with Crippen molar-refractivity contribution in [1.29, 1.82) is 0 Å². The minimum Gasteiger partial charge on any atom is -0.463 e. The van der Waals surface area contributed by atoms with Gasteiger partial charge in [0.15, 0.2) is 0 Å². The van der Waals surface area contributed by atoms with E-state index in [1.54, 1.807) is 18.3 Å². The second-order valence-corrected chi connectivity index (χ2v) is 9.09. The number of hydrogen-bond donors (Lipinski definition) is 1. The average molecular weight is 428 g/mol. The Morgan fingerprint density at radius 1 is 1.26 bits per heavy atom. The predicted octanol–water partition coefficient (Wildman–Crippen LogP) is 3.69. The monoisotopic (exact) mass is 427 g/mol. The molecule has 1 N–H and O–H groups in total. The number of nitrogens with one attached hydrogen (secondary N) is 1. The van der Waals surface area contributed by atoms with Gasteiger partial charge in [0.1, 0.15) is 17.0 Å². The molecule has 31 heavy (non-hydrogen) atoms. The maximum Gasteiger partial charge on any atom is 0.271 e. The average Bonchev–Trinajstić information content (AvgIpc) is 3.42. The summed E-state index contributed by atoms with van der Waals surface area (Å²) < 4.78 is 12.7. The Bertz CT molecular complexity index is 919. The van der Waals surface area contributed by atoms with Crippen molar-refractivity contribution in [2.75, 3.05) is 20.3 Å². The highest BCUT2D eigenvalue weighted by atomic mass is 16.5. The van der Waals surface area contributed by atoms with Gasteiger partial charge in [0.25, 0.3) is 5.91 Å². The van der Waals surface area contributed by atoms with Crippen LogP contribution in [0.2, 0.25) is 0 Å². The van der Waals surface area contributed by atoms with E-state index >= 15 is 0 Å². The molecule has 0 aromatic carbocycles. The molecular formula is C24H33N3O4. The van der Waals surface area contributed by atoms with Gasteiger partial charge in [0, 0.05) is 26.3 Å². The molecule has 1 aliphatic heterocycles. The van der Waals surface area contributed by atoms with Crippen molar-refractivity contribution in [3.63, 3.8) is 0 Å². The quantitative estimate of drug-likeness (QED) is 0.684. The van der Waals surface area contributed by atoms with Gasteiger partial charge in [0.05, 0.1) is 18.5 Å². The van der Waals surface area contributed by atoms with Gasteiger partial charge in [-0.1, -0.05) is 19.8 Å². The van der Waals surface area contributed by atoms with E-state index in [9.17, 15) is 9.59 Å². The molecule has 0 spiro atoms. The molecule has 3 atom stereocenters. The zero-order valence-corrected chi connectivity index (χ0v) is 18.7. The highest BCUT2D eigenvalue weighted by Gasteiger charge is 2.48. The molecule has 1 aliphatic carbocycles. The highest BCUT2D eigenvalue weighted by Crippen LogP contribution is 2.34. The smallest absolute Gasteiger partial charge is 0.271 e. The van der Waals surface area contributed by atoms with E-state index in [1.807, 2.05) is 35.8 Å². The molecule has 0 radical (unpaired) electrons. The number of nitrogens with zero attached hydrogens (tertiary/aromatic N) is 2. The van der Waals surface area contributed by atoms with Crippen LogP contribution in [0.15, 0.2) is 34.9 Å². The zero-order chi connectivity index (χ0) is 22.0. The summed E-state index contributed by atoms with van der Waals surface area (Å²) in [7, 11) is 1.65. The first-order valence-corrected chi connectivity index (χ1v) is 11.3. The van der Waals surface area contributed by atoms with Crippen LogP contribution in [0.1, 0.15) is 56.4 Å². The molecule has 2 aliphatic rings. The Balaban J connectivity index is 1.66. The fraction of sp³-hybridized carbons (Fsp3) is 0.583. The molecule has 168 valence electrons. The van der Waals surface area contributed by atoms with E-state index in [1.165, 1.54) is 6.42 Å². The summed E-state index contributed by atoms with van der Waals surface area (Å²) in [5, 5.41) is 3.30. The lowest BCUT2D eigenvalue weighted by atomic mass is 9.85. The van der Waals surface area contributed by atoms with E-state index < -0.39 is 5.54 Å². The number of carbonyl (C=O) groups is 2. The van der Waals surface area contributed by atoms with Gasteiger partial charge in [-0.3, -0.25) is 9.59 Å². The molecule has 2 aromatic heterocycles. The van der Waals surface area contributed by atoms with Crippen LogP contribution in [0.4, 0.5) is 0 Å². The molecule has 2 amide bonds. The largest absolute Gasteiger partial charge is 0.463 e. The highest BCUT2D eigenvalue weighted by molar-refractivity contribution is 6.00. The summed E-state index contributed by atoms with van der Waals surface area (Å²) in [4.78, 5) is 28.9. The molecule has 0 bridgehead atoms. The number of methoxy groups -OCH3 is 1. The van der Waals surface area contributed by atoms with Crippen molar-refractivity contribution in [2.24, 2.45) is 5.92 Å². The molecule has 7 nitrogen and oxygen atoms in total. The maximum atomic E-state index is 13.7. The molecule has 1 fully saturated rings. The van der Waals surface area contributed by atoms with Crippen LogP contribution in [0.25, 0.3) is 11.5 Å². The summed E-state index contributed by atoms with van der Waals surface area (Å²) in [6, 6.07) is 7.58. The number of fused-ring (bicyclic) bond motifs is 1. The summed E-state index contributed by atoms with van der Waals surface area (Å²) in [6.07, 6.45) is 6.76. The van der Waals surface area contributed by atoms with Gasteiger partial charge < -0.3 is 23.9 Å². The van der Waals surface area contributed by atoms with E-state index in [0.717, 1.165) is 25.0 Å². The zero-order valence-electron chi connectivity index (χ0n) is 18.7. The van der Waals surface area contributed by atoms with Gasteiger partial charge in [0.2, 0.25) is 5.91 Å². The number of rotatable bonds is 7. The van der Waals surface area contributed by atoms with E-state index in [4.69, 9.17) is 9.15 Å². The molecule has 4 rings (SSSR count). The van der Waals surface area contributed by atoms with Gasteiger partial charge >= 0.3 is 0 Å². The van der Waals surface area contributed by atoms with Crippen molar-refractivity contribution in [2.45, 2.75) is 64.1 Å². The van der Waals surface area contributed by atoms with Gasteiger partial charge in [-0.25, -0.2) is 0 Å². The Morgan fingerprint density at radius 3 is 2.74 bits per heavy atom. The third-order valence-corrected chi connectivity index (χ3v) is 6.93. The van der Waals surface area contributed by atoms with E-state index in [-0.39, 0.29) is 17.9 Å². The van der Waals surface area contributed by atoms with Crippen molar-refractivity contribution >= 4 is 11.8 Å². The minimum absolute atomic E-state index is 0.0817. The Labute approximate surface area is 183 Å². The molecular weight excluding hydrogens is 394 g/mol. The summed E-state index contributed by atoms with van der Waals surface area (Å²) in [5.74, 6) is 0.926. The van der Waals surface area contributed by atoms with Gasteiger partial charge in [-0.15, -0.1) is 0 Å². The molecule has 3 heterocycles. The van der Waals surface area contributed by atoms with Crippen molar-refractivity contribution < 1.29 is 18.7 Å². The van der Waals surface area contributed by atoms with Crippen molar-refractivity contribution in [1.82, 2.24) is 14.8 Å². The van der Waals surface area contributed by atoms with Crippen LogP contribution >= 0.6 is 0 Å². The standard InChI is InChI=1S/C24H33N3O4/c1-17-8-4-5-9-18(17)25-23(29)24(2)16-26-19(21-10-6-15-31-21)11-12-20(26)22(28)27(24)13-7-14-30-3/h6,10-12,15,17-18H,4-5,7-9,13-14,16H2,1-3H3,(H,25,29). The number of hydrogen-bond acceptors (Lipinski definition) is 4. The fourth-order valence-corrected chi connectivity index (χ4v) is 4.98. The van der Waals surface area contributed by atoms with Crippen LogP contribution in [-0.4, -0.2) is 53.1 Å². The molecule has 2 aromatic rings. The summed E-state index contributed by atoms with van der Waals surface area (Å²) in [5.41, 5.74) is 0.408. The topological polar surface area (TPSA) is 76.7 Å². The lowest BCUT2D eigenvalue weighted by Gasteiger charge is -2.45. The Kier molecular flexibility index (Phi) is 6.23. The van der Waals surface area contributed by atoms with Crippen LogP contribution in [-0.2, 0) is 16.1 Å². The van der Waals surface area contributed by atoms with Crippen LogP contribution in [0.3, 0.4) is 0 Å². The third-order valence-electron chi connectivity index (χ3n) is 6.93. The first kappa shape index (κ1) is 21.7. The minimum atomic E-state index is -0.991.